The van der Waals surface area contributed by atoms with Gasteiger partial charge in [0.15, 0.2) is 0 Å². The summed E-state index contributed by atoms with van der Waals surface area (Å²) in [5, 5.41) is 1.08. The van der Waals surface area contributed by atoms with E-state index in [0.717, 1.165) is 21.9 Å². The molecule has 0 saturated heterocycles. The van der Waals surface area contributed by atoms with E-state index < -0.39 is 0 Å². The first-order valence-corrected chi connectivity index (χ1v) is 7.11. The van der Waals surface area contributed by atoms with Crippen LogP contribution in [0.3, 0.4) is 0 Å². The van der Waals surface area contributed by atoms with E-state index in [1.165, 1.54) is 4.70 Å². The number of benzene rings is 1. The predicted molar refractivity (Wildman–Crippen MR) is 81.5 cm³/mol. The van der Waals surface area contributed by atoms with E-state index in [2.05, 4.69) is 43.8 Å². The molecule has 0 bridgehead atoms. The Hall–Kier alpha value is -1.29. The van der Waals surface area contributed by atoms with Crippen LogP contribution < -0.4 is 10.6 Å². The van der Waals surface area contributed by atoms with Crippen LogP contribution in [0.4, 0.5) is 11.4 Å². The van der Waals surface area contributed by atoms with Crippen LogP contribution in [0.1, 0.15) is 25.8 Å². The summed E-state index contributed by atoms with van der Waals surface area (Å²) in [6, 6.07) is 4.59. The van der Waals surface area contributed by atoms with Crippen LogP contribution in [0.15, 0.2) is 12.1 Å². The maximum absolute atomic E-state index is 6.17. The number of rotatable bonds is 3. The minimum atomic E-state index is 0.449. The van der Waals surface area contributed by atoms with Crippen molar-refractivity contribution in [3.8, 4) is 0 Å². The molecule has 0 fully saturated rings. The maximum atomic E-state index is 6.17. The molecule has 1 heterocycles. The summed E-state index contributed by atoms with van der Waals surface area (Å²) in [6.45, 7) is 8.70. The summed E-state index contributed by atoms with van der Waals surface area (Å²) in [6.07, 6.45) is 0. The molecule has 98 valence electrons. The lowest BCUT2D eigenvalue weighted by atomic mass is 10.0. The highest BCUT2D eigenvalue weighted by Gasteiger charge is 2.17. The van der Waals surface area contributed by atoms with Crippen LogP contribution in [0, 0.1) is 12.8 Å². The van der Waals surface area contributed by atoms with Crippen LogP contribution in [0.2, 0.25) is 0 Å². The van der Waals surface area contributed by atoms with Crippen molar-refractivity contribution >= 4 is 32.9 Å². The summed E-state index contributed by atoms with van der Waals surface area (Å²) in [7, 11) is 2.10. The van der Waals surface area contributed by atoms with Gasteiger partial charge in [-0.3, -0.25) is 0 Å². The second-order valence-corrected chi connectivity index (χ2v) is 6.44. The van der Waals surface area contributed by atoms with Gasteiger partial charge >= 0.3 is 0 Å². The third-order valence-corrected chi connectivity index (χ3v) is 4.53. The molecule has 0 aliphatic heterocycles. The van der Waals surface area contributed by atoms with E-state index in [0.29, 0.717) is 12.0 Å². The highest BCUT2D eigenvalue weighted by molar-refractivity contribution is 7.18. The maximum Gasteiger partial charge on any atom is 0.0907 e. The summed E-state index contributed by atoms with van der Waals surface area (Å²) in [4.78, 5) is 6.78. The van der Waals surface area contributed by atoms with E-state index in [9.17, 15) is 0 Å². The lowest BCUT2D eigenvalue weighted by molar-refractivity contribution is 0.506. The van der Waals surface area contributed by atoms with Crippen LogP contribution in [0.25, 0.3) is 10.2 Å². The van der Waals surface area contributed by atoms with Crippen molar-refractivity contribution in [3.63, 3.8) is 0 Å². The molecule has 1 aromatic carbocycles. The van der Waals surface area contributed by atoms with E-state index in [-0.39, 0.29) is 0 Å². The molecule has 3 nitrogen and oxygen atoms in total. The topological polar surface area (TPSA) is 42.2 Å². The molecular weight excluding hydrogens is 242 g/mol. The molecule has 0 spiro atoms. The monoisotopic (exact) mass is 263 g/mol. The van der Waals surface area contributed by atoms with Crippen LogP contribution in [0.5, 0.6) is 0 Å². The zero-order valence-corrected chi connectivity index (χ0v) is 12.5. The molecular formula is C14H21N3S. The quantitative estimate of drug-likeness (QED) is 0.859. The Bertz CT molecular complexity index is 559. The van der Waals surface area contributed by atoms with E-state index in [1.807, 2.05) is 13.0 Å². The fourth-order valence-corrected chi connectivity index (χ4v) is 2.92. The Kier molecular flexibility index (Phi) is 3.48. The molecule has 0 aliphatic rings. The van der Waals surface area contributed by atoms with Gasteiger partial charge in [0.25, 0.3) is 0 Å². The second kappa shape index (κ2) is 4.76. The third-order valence-electron chi connectivity index (χ3n) is 3.60. The van der Waals surface area contributed by atoms with Gasteiger partial charge in [-0.05, 0) is 31.9 Å². The van der Waals surface area contributed by atoms with Crippen LogP contribution in [-0.2, 0) is 0 Å². The Balaban J connectivity index is 2.46. The third kappa shape index (κ3) is 2.29. The van der Waals surface area contributed by atoms with Crippen molar-refractivity contribution in [2.24, 2.45) is 5.92 Å². The molecule has 0 amide bonds. The zero-order valence-electron chi connectivity index (χ0n) is 11.7. The summed E-state index contributed by atoms with van der Waals surface area (Å²) in [5.41, 5.74) is 9.13. The Morgan fingerprint density at radius 1 is 1.28 bits per heavy atom. The summed E-state index contributed by atoms with van der Waals surface area (Å²) < 4.78 is 1.17. The number of thiazole rings is 1. The van der Waals surface area contributed by atoms with Gasteiger partial charge in [-0.15, -0.1) is 11.3 Å². The number of hydrogen-bond acceptors (Lipinski definition) is 4. The van der Waals surface area contributed by atoms with Crippen molar-refractivity contribution in [1.82, 2.24) is 4.98 Å². The van der Waals surface area contributed by atoms with Crippen molar-refractivity contribution in [3.05, 3.63) is 17.1 Å². The van der Waals surface area contributed by atoms with E-state index >= 15 is 0 Å². The molecule has 2 aromatic rings. The lowest BCUT2D eigenvalue weighted by Crippen LogP contribution is -2.33. The number of anilines is 2. The minimum absolute atomic E-state index is 0.449. The van der Waals surface area contributed by atoms with Gasteiger partial charge in [-0.1, -0.05) is 13.8 Å². The van der Waals surface area contributed by atoms with Gasteiger partial charge in [-0.2, -0.15) is 0 Å². The number of nitrogens with zero attached hydrogens (tertiary/aromatic N) is 2. The lowest BCUT2D eigenvalue weighted by Gasteiger charge is -2.30. The number of hydrogen-bond donors (Lipinski definition) is 1. The molecule has 1 unspecified atom stereocenters. The molecule has 2 N–H and O–H groups in total. The largest absolute Gasteiger partial charge is 0.397 e. The first kappa shape index (κ1) is 13.1. The van der Waals surface area contributed by atoms with Crippen molar-refractivity contribution < 1.29 is 0 Å². The van der Waals surface area contributed by atoms with Crippen molar-refractivity contribution in [1.29, 1.82) is 0 Å². The molecule has 1 atom stereocenters. The SMILES string of the molecule is Cc1nc2cc(N(C)C(C)C(C)C)c(N)cc2s1. The minimum Gasteiger partial charge on any atom is -0.397 e. The van der Waals surface area contributed by atoms with Crippen LogP contribution in [-0.4, -0.2) is 18.1 Å². The molecule has 0 aliphatic carbocycles. The molecule has 4 heteroatoms. The first-order chi connectivity index (χ1) is 8.40. The van der Waals surface area contributed by atoms with Crippen molar-refractivity contribution in [2.75, 3.05) is 17.7 Å². The van der Waals surface area contributed by atoms with Gasteiger partial charge in [0.2, 0.25) is 0 Å². The Labute approximate surface area is 113 Å². The average Bonchev–Trinajstić information content (AvgIpc) is 2.65. The van der Waals surface area contributed by atoms with Gasteiger partial charge in [0, 0.05) is 13.1 Å². The van der Waals surface area contributed by atoms with Gasteiger partial charge in [-0.25, -0.2) is 4.98 Å². The van der Waals surface area contributed by atoms with Gasteiger partial charge < -0.3 is 10.6 Å². The standard InChI is InChI=1S/C14H21N3S/c1-8(2)9(3)17(5)13-7-12-14(6-11(13)15)18-10(4)16-12/h6-9H,15H2,1-5H3. The molecule has 0 saturated carbocycles. The summed E-state index contributed by atoms with van der Waals surface area (Å²) >= 11 is 1.69. The Morgan fingerprint density at radius 3 is 2.56 bits per heavy atom. The van der Waals surface area contributed by atoms with Crippen molar-refractivity contribution in [2.45, 2.75) is 33.7 Å². The molecule has 18 heavy (non-hydrogen) atoms. The zero-order chi connectivity index (χ0) is 13.4. The fourth-order valence-electron chi connectivity index (χ4n) is 2.07. The predicted octanol–water partition coefficient (Wildman–Crippen LogP) is 3.67. The number of aromatic nitrogens is 1. The second-order valence-electron chi connectivity index (χ2n) is 5.21. The highest BCUT2D eigenvalue weighted by Crippen LogP contribution is 2.33. The first-order valence-electron chi connectivity index (χ1n) is 6.29. The van der Waals surface area contributed by atoms with E-state index in [1.54, 1.807) is 11.3 Å². The fraction of sp³-hybridized carbons (Fsp3) is 0.500. The number of fused-ring (bicyclic) bond motifs is 1. The van der Waals surface area contributed by atoms with E-state index in [4.69, 9.17) is 5.73 Å². The molecule has 1 aromatic heterocycles. The highest BCUT2D eigenvalue weighted by atomic mass is 32.1. The summed E-state index contributed by atoms with van der Waals surface area (Å²) in [5.74, 6) is 0.585. The van der Waals surface area contributed by atoms with Gasteiger partial charge in [0.05, 0.1) is 26.6 Å². The normalized spacial score (nSPS) is 13.2. The molecule has 0 radical (unpaired) electrons. The average molecular weight is 263 g/mol. The smallest absolute Gasteiger partial charge is 0.0907 e. The number of nitrogen functional groups attached to an aromatic ring is 1. The number of nitrogens with two attached hydrogens (primary N) is 1. The Morgan fingerprint density at radius 2 is 1.94 bits per heavy atom. The number of aryl methyl sites for hydroxylation is 1. The van der Waals surface area contributed by atoms with Crippen LogP contribution >= 0.6 is 11.3 Å². The molecule has 2 rings (SSSR count). The van der Waals surface area contributed by atoms with Gasteiger partial charge in [0.1, 0.15) is 0 Å².